The summed E-state index contributed by atoms with van der Waals surface area (Å²) >= 11 is 0. The van der Waals surface area contributed by atoms with Crippen LogP contribution in [0.5, 0.6) is 0 Å². The number of allylic oxidation sites excluding steroid dienone is 3. The maximum atomic E-state index is 11.5. The van der Waals surface area contributed by atoms with Crippen molar-refractivity contribution >= 4 is 11.9 Å². The van der Waals surface area contributed by atoms with Crippen molar-refractivity contribution in [3.8, 4) is 0 Å². The SMILES string of the molecule is CC(=O)OC1CC(=CCC2(C)C(C)CCC3(C)C(C)=CCCC32)C(OC(C)=O)O1. The quantitative estimate of drug-likeness (QED) is 0.470. The standard InChI is InChI=1S/C24H36O5/c1-15-8-7-9-20-23(15,5)12-10-16(2)24(20,6)13-11-19-14-21(27-17(3)25)29-22(19)28-18(4)26/h8,11,16,20-22H,7,9-10,12-14H2,1-6H3. The van der Waals surface area contributed by atoms with Crippen LogP contribution in [0.1, 0.15) is 80.1 Å². The summed E-state index contributed by atoms with van der Waals surface area (Å²) in [5, 5.41) is 0. The van der Waals surface area contributed by atoms with Crippen molar-refractivity contribution in [2.45, 2.75) is 92.6 Å². The first-order valence-corrected chi connectivity index (χ1v) is 10.9. The van der Waals surface area contributed by atoms with Crippen LogP contribution in [-0.2, 0) is 23.8 Å². The molecule has 5 nitrogen and oxygen atoms in total. The van der Waals surface area contributed by atoms with Gasteiger partial charge in [-0.3, -0.25) is 14.3 Å². The van der Waals surface area contributed by atoms with Crippen molar-refractivity contribution in [2.75, 3.05) is 0 Å². The van der Waals surface area contributed by atoms with Crippen LogP contribution in [0, 0.1) is 22.7 Å². The molecule has 6 unspecified atom stereocenters. The molecular formula is C24H36O5. The Labute approximate surface area is 174 Å². The summed E-state index contributed by atoms with van der Waals surface area (Å²) < 4.78 is 16.2. The first-order valence-electron chi connectivity index (χ1n) is 10.9. The number of hydrogen-bond donors (Lipinski definition) is 0. The zero-order valence-electron chi connectivity index (χ0n) is 18.7. The highest BCUT2D eigenvalue weighted by Gasteiger charge is 2.52. The Morgan fingerprint density at radius 3 is 2.55 bits per heavy atom. The molecular weight excluding hydrogens is 368 g/mol. The summed E-state index contributed by atoms with van der Waals surface area (Å²) in [6.45, 7) is 12.3. The van der Waals surface area contributed by atoms with Crippen molar-refractivity contribution < 1.29 is 23.8 Å². The highest BCUT2D eigenvalue weighted by Crippen LogP contribution is 2.61. The Hall–Kier alpha value is -1.62. The van der Waals surface area contributed by atoms with Crippen LogP contribution in [-0.4, -0.2) is 24.5 Å². The van der Waals surface area contributed by atoms with Gasteiger partial charge in [0.2, 0.25) is 12.6 Å². The van der Waals surface area contributed by atoms with Gasteiger partial charge in [0.25, 0.3) is 0 Å². The van der Waals surface area contributed by atoms with E-state index in [1.54, 1.807) is 0 Å². The Morgan fingerprint density at radius 2 is 1.90 bits per heavy atom. The zero-order valence-corrected chi connectivity index (χ0v) is 18.7. The molecule has 2 fully saturated rings. The van der Waals surface area contributed by atoms with Crippen LogP contribution in [0.2, 0.25) is 0 Å². The van der Waals surface area contributed by atoms with E-state index in [0.29, 0.717) is 18.3 Å². The average molecular weight is 405 g/mol. The Morgan fingerprint density at radius 1 is 1.21 bits per heavy atom. The molecule has 162 valence electrons. The molecule has 0 aromatic heterocycles. The van der Waals surface area contributed by atoms with E-state index in [2.05, 4.69) is 39.8 Å². The van der Waals surface area contributed by atoms with Gasteiger partial charge >= 0.3 is 11.9 Å². The molecule has 6 atom stereocenters. The normalized spacial score (nSPS) is 40.9. The third-order valence-corrected chi connectivity index (χ3v) is 7.95. The number of rotatable bonds is 4. The van der Waals surface area contributed by atoms with Gasteiger partial charge < -0.3 is 9.47 Å². The third-order valence-electron chi connectivity index (χ3n) is 7.95. The highest BCUT2D eigenvalue weighted by atomic mass is 16.8. The van der Waals surface area contributed by atoms with Gasteiger partial charge in [-0.1, -0.05) is 38.5 Å². The van der Waals surface area contributed by atoms with Crippen molar-refractivity contribution in [3.63, 3.8) is 0 Å². The third kappa shape index (κ3) is 4.30. The Kier molecular flexibility index (Phi) is 6.28. The Balaban J connectivity index is 1.83. The molecule has 1 heterocycles. The molecule has 0 aromatic carbocycles. The predicted molar refractivity (Wildman–Crippen MR) is 111 cm³/mol. The molecule has 5 heteroatoms. The summed E-state index contributed by atoms with van der Waals surface area (Å²) in [5.74, 6) is 0.439. The molecule has 29 heavy (non-hydrogen) atoms. The minimum atomic E-state index is -0.765. The number of esters is 2. The van der Waals surface area contributed by atoms with Crippen molar-refractivity contribution in [1.82, 2.24) is 0 Å². The molecule has 2 aliphatic carbocycles. The number of fused-ring (bicyclic) bond motifs is 1. The van der Waals surface area contributed by atoms with Crippen molar-refractivity contribution in [2.24, 2.45) is 22.7 Å². The highest BCUT2D eigenvalue weighted by molar-refractivity contribution is 5.67. The van der Waals surface area contributed by atoms with E-state index >= 15 is 0 Å². The first kappa shape index (κ1) is 22.1. The lowest BCUT2D eigenvalue weighted by Crippen LogP contribution is -2.49. The second kappa shape index (κ2) is 8.25. The fourth-order valence-corrected chi connectivity index (χ4v) is 5.86. The molecule has 3 aliphatic rings. The van der Waals surface area contributed by atoms with Crippen molar-refractivity contribution in [3.05, 3.63) is 23.3 Å². The second-order valence-electron chi connectivity index (χ2n) is 9.68. The van der Waals surface area contributed by atoms with Crippen LogP contribution in [0.25, 0.3) is 0 Å². The van der Waals surface area contributed by atoms with Gasteiger partial charge in [-0.2, -0.15) is 0 Å². The number of hydrogen-bond acceptors (Lipinski definition) is 5. The zero-order chi connectivity index (χ0) is 21.4. The lowest BCUT2D eigenvalue weighted by molar-refractivity contribution is -0.204. The van der Waals surface area contributed by atoms with E-state index < -0.39 is 24.5 Å². The van der Waals surface area contributed by atoms with Gasteiger partial charge in [-0.05, 0) is 61.7 Å². The van der Waals surface area contributed by atoms with Crippen LogP contribution in [0.4, 0.5) is 0 Å². The summed E-state index contributed by atoms with van der Waals surface area (Å²) in [6, 6.07) is 0. The van der Waals surface area contributed by atoms with Gasteiger partial charge in [-0.25, -0.2) is 0 Å². The summed E-state index contributed by atoms with van der Waals surface area (Å²) in [5.41, 5.74) is 2.86. The van der Waals surface area contributed by atoms with Gasteiger partial charge in [0.15, 0.2) is 0 Å². The maximum Gasteiger partial charge on any atom is 0.305 e. The summed E-state index contributed by atoms with van der Waals surface area (Å²) in [6.07, 6.45) is 9.36. The van der Waals surface area contributed by atoms with Crippen LogP contribution in [0.15, 0.2) is 23.3 Å². The number of ether oxygens (including phenoxy) is 3. The first-order chi connectivity index (χ1) is 13.6. The fourth-order valence-electron chi connectivity index (χ4n) is 5.86. The lowest BCUT2D eigenvalue weighted by atomic mass is 9.47. The number of carbonyl (C=O) groups excluding carboxylic acids is 2. The van der Waals surface area contributed by atoms with Gasteiger partial charge in [-0.15, -0.1) is 0 Å². The van der Waals surface area contributed by atoms with E-state index in [-0.39, 0.29) is 10.8 Å². The molecule has 3 rings (SSSR count). The van der Waals surface area contributed by atoms with Crippen LogP contribution in [0.3, 0.4) is 0 Å². The van der Waals surface area contributed by atoms with E-state index in [1.165, 1.54) is 38.7 Å². The van der Waals surface area contributed by atoms with E-state index in [0.717, 1.165) is 18.4 Å². The molecule has 0 bridgehead atoms. The van der Waals surface area contributed by atoms with Crippen molar-refractivity contribution in [1.29, 1.82) is 0 Å². The van der Waals surface area contributed by atoms with Crippen LogP contribution >= 0.6 is 0 Å². The molecule has 1 saturated carbocycles. The van der Waals surface area contributed by atoms with E-state index in [9.17, 15) is 9.59 Å². The van der Waals surface area contributed by atoms with Gasteiger partial charge in [0.1, 0.15) is 0 Å². The molecule has 0 aromatic rings. The molecule has 0 radical (unpaired) electrons. The van der Waals surface area contributed by atoms with E-state index in [1.807, 2.05) is 0 Å². The minimum Gasteiger partial charge on any atom is -0.435 e. The van der Waals surface area contributed by atoms with Crippen LogP contribution < -0.4 is 0 Å². The Bertz CT molecular complexity index is 723. The lowest BCUT2D eigenvalue weighted by Gasteiger charge is -2.58. The largest absolute Gasteiger partial charge is 0.435 e. The summed E-state index contributed by atoms with van der Waals surface area (Å²) in [7, 11) is 0. The van der Waals surface area contributed by atoms with E-state index in [4.69, 9.17) is 14.2 Å². The monoisotopic (exact) mass is 404 g/mol. The average Bonchev–Trinajstić information content (AvgIpc) is 2.98. The predicted octanol–water partition coefficient (Wildman–Crippen LogP) is 5.30. The smallest absolute Gasteiger partial charge is 0.305 e. The number of carbonyl (C=O) groups is 2. The summed E-state index contributed by atoms with van der Waals surface area (Å²) in [4.78, 5) is 22.8. The topological polar surface area (TPSA) is 61.8 Å². The fraction of sp³-hybridized carbons (Fsp3) is 0.750. The molecule has 0 N–H and O–H groups in total. The molecule has 1 saturated heterocycles. The molecule has 0 spiro atoms. The maximum absolute atomic E-state index is 11.5. The minimum absolute atomic E-state index is 0.163. The second-order valence-corrected chi connectivity index (χ2v) is 9.68. The van der Waals surface area contributed by atoms with Gasteiger partial charge in [0.05, 0.1) is 0 Å². The van der Waals surface area contributed by atoms with Gasteiger partial charge in [0, 0.05) is 25.8 Å². The molecule has 1 aliphatic heterocycles. The molecule has 0 amide bonds.